The van der Waals surface area contributed by atoms with Crippen molar-refractivity contribution in [3.8, 4) is 0 Å². The zero-order chi connectivity index (χ0) is 13.6. The summed E-state index contributed by atoms with van der Waals surface area (Å²) in [6.45, 7) is 5.89. The van der Waals surface area contributed by atoms with E-state index in [0.717, 1.165) is 30.4 Å². The normalized spacial score (nSPS) is 21.7. The molecule has 3 heterocycles. The van der Waals surface area contributed by atoms with Gasteiger partial charge in [-0.2, -0.15) is 4.98 Å². The molecule has 5 heteroatoms. The number of hydrogen-bond donors (Lipinski definition) is 0. The van der Waals surface area contributed by atoms with Gasteiger partial charge in [0.15, 0.2) is 0 Å². The molecule has 0 bridgehead atoms. The van der Waals surface area contributed by atoms with E-state index in [1.165, 1.54) is 19.3 Å². The van der Waals surface area contributed by atoms with E-state index in [4.69, 9.17) is 0 Å². The number of likely N-dealkylation sites (N-methyl/N-ethyl adjacent to an activating group) is 1. The fourth-order valence-corrected chi connectivity index (χ4v) is 2.94. The van der Waals surface area contributed by atoms with E-state index in [2.05, 4.69) is 14.9 Å². The highest BCUT2D eigenvalue weighted by Gasteiger charge is 2.44. The number of anilines is 2. The molecule has 1 aromatic heterocycles. The number of piperidine rings is 1. The first-order valence-electron chi connectivity index (χ1n) is 6.92. The first kappa shape index (κ1) is 12.4. The van der Waals surface area contributed by atoms with Gasteiger partial charge in [0.05, 0.1) is 5.41 Å². The summed E-state index contributed by atoms with van der Waals surface area (Å²) in [7, 11) is 1.79. The highest BCUT2D eigenvalue weighted by atomic mass is 16.2. The van der Waals surface area contributed by atoms with Gasteiger partial charge in [-0.25, -0.2) is 4.98 Å². The molecule has 2 aliphatic heterocycles. The largest absolute Gasteiger partial charge is 0.341 e. The summed E-state index contributed by atoms with van der Waals surface area (Å²) in [5, 5.41) is 0. The number of nitrogens with zero attached hydrogens (tertiary/aromatic N) is 4. The number of hydrogen-bond acceptors (Lipinski definition) is 4. The Bertz CT molecular complexity index is 520. The lowest BCUT2D eigenvalue weighted by molar-refractivity contribution is -0.121. The van der Waals surface area contributed by atoms with E-state index in [1.54, 1.807) is 11.9 Å². The Morgan fingerprint density at radius 1 is 1.21 bits per heavy atom. The molecule has 1 saturated heterocycles. The molecule has 1 aromatic rings. The van der Waals surface area contributed by atoms with Crippen LogP contribution in [0.25, 0.3) is 0 Å². The summed E-state index contributed by atoms with van der Waals surface area (Å²) in [5.41, 5.74) is 0.422. The van der Waals surface area contributed by atoms with E-state index in [1.807, 2.05) is 20.0 Å². The molecule has 0 N–H and O–H groups in total. The van der Waals surface area contributed by atoms with Crippen LogP contribution in [-0.4, -0.2) is 36.0 Å². The summed E-state index contributed by atoms with van der Waals surface area (Å²) >= 11 is 0. The fourth-order valence-electron chi connectivity index (χ4n) is 2.94. The van der Waals surface area contributed by atoms with Crippen LogP contribution < -0.4 is 9.80 Å². The number of aromatic nitrogens is 2. The second kappa shape index (κ2) is 4.18. The molecule has 3 rings (SSSR count). The van der Waals surface area contributed by atoms with Crippen molar-refractivity contribution in [2.45, 2.75) is 38.5 Å². The second-order valence-electron chi connectivity index (χ2n) is 5.94. The maximum Gasteiger partial charge on any atom is 0.238 e. The Kier molecular flexibility index (Phi) is 2.73. The molecule has 2 aliphatic rings. The zero-order valence-electron chi connectivity index (χ0n) is 11.8. The van der Waals surface area contributed by atoms with Gasteiger partial charge in [0.2, 0.25) is 11.9 Å². The molecule has 1 amide bonds. The van der Waals surface area contributed by atoms with Crippen LogP contribution >= 0.6 is 0 Å². The van der Waals surface area contributed by atoms with Crippen LogP contribution in [0.2, 0.25) is 0 Å². The zero-order valence-corrected chi connectivity index (χ0v) is 11.8. The Balaban J connectivity index is 1.99. The lowest BCUT2D eigenvalue weighted by atomic mass is 9.88. The van der Waals surface area contributed by atoms with Crippen molar-refractivity contribution in [1.82, 2.24) is 9.97 Å². The topological polar surface area (TPSA) is 49.3 Å². The van der Waals surface area contributed by atoms with Crippen molar-refractivity contribution >= 4 is 17.7 Å². The average molecular weight is 260 g/mol. The second-order valence-corrected chi connectivity index (χ2v) is 5.94. The van der Waals surface area contributed by atoms with Crippen molar-refractivity contribution < 1.29 is 4.79 Å². The van der Waals surface area contributed by atoms with Crippen LogP contribution in [0.3, 0.4) is 0 Å². The lowest BCUT2D eigenvalue weighted by Gasteiger charge is -2.27. The molecule has 0 aromatic carbocycles. The third-order valence-corrected chi connectivity index (χ3v) is 4.23. The van der Waals surface area contributed by atoms with Crippen LogP contribution in [-0.2, 0) is 10.2 Å². The van der Waals surface area contributed by atoms with Crippen LogP contribution in [0.5, 0.6) is 0 Å². The van der Waals surface area contributed by atoms with Crippen molar-refractivity contribution in [1.29, 1.82) is 0 Å². The minimum absolute atomic E-state index is 0.0904. The minimum Gasteiger partial charge on any atom is -0.341 e. The van der Waals surface area contributed by atoms with Gasteiger partial charge >= 0.3 is 0 Å². The number of amides is 1. The lowest BCUT2D eigenvalue weighted by Crippen LogP contribution is -2.33. The Morgan fingerprint density at radius 3 is 2.58 bits per heavy atom. The summed E-state index contributed by atoms with van der Waals surface area (Å²) < 4.78 is 0. The Morgan fingerprint density at radius 2 is 1.89 bits per heavy atom. The van der Waals surface area contributed by atoms with E-state index < -0.39 is 5.41 Å². The molecule has 0 aliphatic carbocycles. The van der Waals surface area contributed by atoms with Gasteiger partial charge in [-0.15, -0.1) is 0 Å². The minimum atomic E-state index is -0.509. The smallest absolute Gasteiger partial charge is 0.238 e. The molecule has 0 atom stereocenters. The summed E-state index contributed by atoms with van der Waals surface area (Å²) in [6.07, 6.45) is 5.50. The number of carbonyl (C=O) groups is 1. The molecule has 5 nitrogen and oxygen atoms in total. The maximum absolute atomic E-state index is 12.2. The molecule has 1 fully saturated rings. The molecule has 0 radical (unpaired) electrons. The Hall–Kier alpha value is -1.65. The van der Waals surface area contributed by atoms with Gasteiger partial charge in [-0.3, -0.25) is 9.69 Å². The standard InChI is InChI=1S/C14H20N4O/c1-14(2)10-9-15-13(18-7-5-4-6-8-18)16-11(10)17(3)12(14)19/h9H,4-8H2,1-3H3. The molecule has 0 spiro atoms. The molecular formula is C14H20N4O. The van der Waals surface area contributed by atoms with E-state index >= 15 is 0 Å². The number of rotatable bonds is 1. The quantitative estimate of drug-likeness (QED) is 0.771. The van der Waals surface area contributed by atoms with Crippen molar-refractivity contribution in [3.05, 3.63) is 11.8 Å². The van der Waals surface area contributed by atoms with Crippen LogP contribution in [0.4, 0.5) is 11.8 Å². The van der Waals surface area contributed by atoms with Gasteiger partial charge in [0.1, 0.15) is 5.82 Å². The molecule has 102 valence electrons. The van der Waals surface area contributed by atoms with Crippen LogP contribution in [0.15, 0.2) is 6.20 Å². The van der Waals surface area contributed by atoms with Gasteiger partial charge in [0, 0.05) is 31.9 Å². The molecular weight excluding hydrogens is 240 g/mol. The highest BCUT2D eigenvalue weighted by molar-refractivity contribution is 6.06. The van der Waals surface area contributed by atoms with E-state index in [-0.39, 0.29) is 5.91 Å². The fraction of sp³-hybridized carbons (Fsp3) is 0.643. The first-order valence-corrected chi connectivity index (χ1v) is 6.92. The summed E-state index contributed by atoms with van der Waals surface area (Å²) in [4.78, 5) is 25.2. The van der Waals surface area contributed by atoms with Crippen molar-refractivity contribution in [2.24, 2.45) is 0 Å². The van der Waals surface area contributed by atoms with E-state index in [0.29, 0.717) is 0 Å². The van der Waals surface area contributed by atoms with Gasteiger partial charge in [-0.05, 0) is 33.1 Å². The van der Waals surface area contributed by atoms with Gasteiger partial charge in [-0.1, -0.05) is 0 Å². The average Bonchev–Trinajstić information content (AvgIpc) is 2.61. The molecule has 0 unspecified atom stereocenters. The highest BCUT2D eigenvalue weighted by Crippen LogP contribution is 2.39. The molecule has 0 saturated carbocycles. The van der Waals surface area contributed by atoms with Crippen LogP contribution in [0.1, 0.15) is 38.7 Å². The van der Waals surface area contributed by atoms with Crippen LogP contribution in [0, 0.1) is 0 Å². The van der Waals surface area contributed by atoms with E-state index in [9.17, 15) is 4.79 Å². The Labute approximate surface area is 113 Å². The van der Waals surface area contributed by atoms with Gasteiger partial charge < -0.3 is 4.90 Å². The van der Waals surface area contributed by atoms with Crippen molar-refractivity contribution in [2.75, 3.05) is 29.9 Å². The molecule has 19 heavy (non-hydrogen) atoms. The summed E-state index contributed by atoms with van der Waals surface area (Å²) in [5.74, 6) is 1.62. The third-order valence-electron chi connectivity index (χ3n) is 4.23. The predicted octanol–water partition coefficient (Wildman–Crippen LogP) is 1.72. The number of fused-ring (bicyclic) bond motifs is 1. The van der Waals surface area contributed by atoms with Crippen molar-refractivity contribution in [3.63, 3.8) is 0 Å². The number of carbonyl (C=O) groups excluding carboxylic acids is 1. The predicted molar refractivity (Wildman–Crippen MR) is 74.5 cm³/mol. The maximum atomic E-state index is 12.2. The third kappa shape index (κ3) is 1.79. The first-order chi connectivity index (χ1) is 9.01. The van der Waals surface area contributed by atoms with Gasteiger partial charge in [0.25, 0.3) is 0 Å². The SMILES string of the molecule is CN1C(=O)C(C)(C)c2cnc(N3CCCCC3)nc21. The monoisotopic (exact) mass is 260 g/mol. The summed E-state index contributed by atoms with van der Waals surface area (Å²) in [6, 6.07) is 0.